The maximum Gasteiger partial charge on any atom is 0.255 e. The predicted molar refractivity (Wildman–Crippen MR) is 122 cm³/mol. The van der Waals surface area contributed by atoms with Crippen LogP contribution in [-0.4, -0.2) is 61.1 Å². The topological polar surface area (TPSA) is 154 Å². The highest BCUT2D eigenvalue weighted by Crippen LogP contribution is 2.25. The largest absolute Gasteiger partial charge is 0.489 e. The van der Waals surface area contributed by atoms with Crippen molar-refractivity contribution in [1.29, 1.82) is 0 Å². The van der Waals surface area contributed by atoms with Crippen LogP contribution in [0.2, 0.25) is 0 Å². The number of rotatable bonds is 8. The summed E-state index contributed by atoms with van der Waals surface area (Å²) in [5.74, 6) is -0.130. The number of ether oxygens (including phenoxy) is 2. The molecule has 1 saturated carbocycles. The van der Waals surface area contributed by atoms with Gasteiger partial charge in [-0.2, -0.15) is 10.2 Å². The van der Waals surface area contributed by atoms with Crippen LogP contribution in [0, 0.1) is 0 Å². The Hall–Kier alpha value is -3.73. The van der Waals surface area contributed by atoms with E-state index in [2.05, 4.69) is 20.6 Å². The standard InChI is InChI=1S/C23H28N6O5/c1-23(2,32)13-33-16-7-8-19-18(11-26-29(19)12-16)21(31)27-14-3-5-15(6-4-14)34-22-17(20(24)30)9-10-25-28-22/h7-12,14-15,32H,3-6,13H2,1-2H3,(H2,24,30)(H,27,31)/t14-,15-. The SMILES string of the molecule is CC(C)(O)COc1ccc2c(C(=O)N[C@H]3CC[C@H](Oc4nnccc4C(N)=O)CC3)cnn2c1. The summed E-state index contributed by atoms with van der Waals surface area (Å²) in [6, 6.07) is 4.99. The molecule has 0 unspecified atom stereocenters. The molecule has 180 valence electrons. The quantitative estimate of drug-likeness (QED) is 0.449. The Balaban J connectivity index is 1.33. The fourth-order valence-electron chi connectivity index (χ4n) is 3.83. The highest BCUT2D eigenvalue weighted by molar-refractivity contribution is 6.00. The number of aromatic nitrogens is 4. The van der Waals surface area contributed by atoms with Gasteiger partial charge in [-0.1, -0.05) is 0 Å². The molecule has 0 aliphatic heterocycles. The van der Waals surface area contributed by atoms with Crippen LogP contribution in [-0.2, 0) is 0 Å². The molecule has 2 amide bonds. The molecule has 11 heteroatoms. The number of carbonyl (C=O) groups excluding carboxylic acids is 2. The van der Waals surface area contributed by atoms with E-state index in [0.29, 0.717) is 29.7 Å². The van der Waals surface area contributed by atoms with Crippen molar-refractivity contribution < 1.29 is 24.2 Å². The predicted octanol–water partition coefficient (Wildman–Crippen LogP) is 1.49. The molecule has 1 aliphatic carbocycles. The number of nitrogens with one attached hydrogen (secondary N) is 1. The van der Waals surface area contributed by atoms with E-state index in [4.69, 9.17) is 15.2 Å². The molecule has 0 aromatic carbocycles. The maximum atomic E-state index is 12.9. The van der Waals surface area contributed by atoms with Gasteiger partial charge < -0.3 is 25.6 Å². The van der Waals surface area contributed by atoms with Gasteiger partial charge in [-0.3, -0.25) is 9.59 Å². The minimum absolute atomic E-state index is 0.00541. The fraction of sp³-hybridized carbons (Fsp3) is 0.435. The summed E-state index contributed by atoms with van der Waals surface area (Å²) in [5.41, 5.74) is 5.74. The van der Waals surface area contributed by atoms with E-state index in [0.717, 1.165) is 12.8 Å². The van der Waals surface area contributed by atoms with Gasteiger partial charge in [0.25, 0.3) is 11.8 Å². The van der Waals surface area contributed by atoms with Gasteiger partial charge in [0.15, 0.2) is 0 Å². The van der Waals surface area contributed by atoms with Gasteiger partial charge in [0, 0.05) is 6.04 Å². The maximum absolute atomic E-state index is 12.9. The second kappa shape index (κ2) is 9.64. The average molecular weight is 469 g/mol. The highest BCUT2D eigenvalue weighted by Gasteiger charge is 2.26. The molecule has 3 heterocycles. The summed E-state index contributed by atoms with van der Waals surface area (Å²) >= 11 is 0. The molecule has 0 saturated heterocycles. The molecule has 34 heavy (non-hydrogen) atoms. The van der Waals surface area contributed by atoms with Gasteiger partial charge in [0.2, 0.25) is 5.88 Å². The Labute approximate surface area is 196 Å². The molecular formula is C23H28N6O5. The van der Waals surface area contributed by atoms with Crippen LogP contribution in [0.4, 0.5) is 0 Å². The second-order valence-electron chi connectivity index (χ2n) is 9.03. The van der Waals surface area contributed by atoms with Crippen LogP contribution >= 0.6 is 0 Å². The van der Waals surface area contributed by atoms with Crippen LogP contribution in [0.5, 0.6) is 11.6 Å². The van der Waals surface area contributed by atoms with E-state index in [9.17, 15) is 14.7 Å². The number of pyridine rings is 1. The third kappa shape index (κ3) is 5.60. The number of primary amides is 1. The molecule has 0 spiro atoms. The Bertz CT molecular complexity index is 1180. The summed E-state index contributed by atoms with van der Waals surface area (Å²) in [7, 11) is 0. The summed E-state index contributed by atoms with van der Waals surface area (Å²) in [6.07, 6.45) is 7.28. The molecule has 0 bridgehead atoms. The van der Waals surface area contributed by atoms with E-state index < -0.39 is 11.5 Å². The molecule has 1 aliphatic rings. The smallest absolute Gasteiger partial charge is 0.255 e. The van der Waals surface area contributed by atoms with Crippen molar-refractivity contribution in [1.82, 2.24) is 25.1 Å². The molecule has 4 rings (SSSR count). The van der Waals surface area contributed by atoms with E-state index in [-0.39, 0.29) is 36.1 Å². The van der Waals surface area contributed by atoms with Gasteiger partial charge in [0.1, 0.15) is 24.0 Å². The lowest BCUT2D eigenvalue weighted by Gasteiger charge is -2.29. The van der Waals surface area contributed by atoms with Gasteiger partial charge in [-0.25, -0.2) is 4.52 Å². The van der Waals surface area contributed by atoms with Crippen molar-refractivity contribution in [3.05, 3.63) is 47.9 Å². The number of amides is 2. The van der Waals surface area contributed by atoms with Crippen molar-refractivity contribution in [2.45, 2.75) is 57.3 Å². The number of hydrogen-bond acceptors (Lipinski definition) is 8. The van der Waals surface area contributed by atoms with Crippen molar-refractivity contribution in [3.63, 3.8) is 0 Å². The molecular weight excluding hydrogens is 440 g/mol. The van der Waals surface area contributed by atoms with Crippen molar-refractivity contribution in [2.24, 2.45) is 5.73 Å². The van der Waals surface area contributed by atoms with Crippen molar-refractivity contribution in [3.8, 4) is 11.6 Å². The Morgan fingerprint density at radius 1 is 1.21 bits per heavy atom. The van der Waals surface area contributed by atoms with Gasteiger partial charge in [0.05, 0.1) is 35.3 Å². The molecule has 11 nitrogen and oxygen atoms in total. The Kier molecular flexibility index (Phi) is 6.64. The lowest BCUT2D eigenvalue weighted by molar-refractivity contribution is 0.0283. The lowest BCUT2D eigenvalue weighted by atomic mass is 9.92. The number of hydrogen-bond donors (Lipinski definition) is 3. The highest BCUT2D eigenvalue weighted by atomic mass is 16.5. The summed E-state index contributed by atoms with van der Waals surface area (Å²) in [6.45, 7) is 3.46. The van der Waals surface area contributed by atoms with Gasteiger partial charge >= 0.3 is 0 Å². The monoisotopic (exact) mass is 468 g/mol. The summed E-state index contributed by atoms with van der Waals surface area (Å²) in [4.78, 5) is 24.4. The van der Waals surface area contributed by atoms with Crippen LogP contribution < -0.4 is 20.5 Å². The Morgan fingerprint density at radius 2 is 1.97 bits per heavy atom. The van der Waals surface area contributed by atoms with Crippen LogP contribution in [0.3, 0.4) is 0 Å². The number of aliphatic hydroxyl groups is 1. The third-order valence-corrected chi connectivity index (χ3v) is 5.57. The Morgan fingerprint density at radius 3 is 2.68 bits per heavy atom. The molecule has 3 aromatic heterocycles. The fourth-order valence-corrected chi connectivity index (χ4v) is 3.83. The number of carbonyl (C=O) groups is 2. The summed E-state index contributed by atoms with van der Waals surface area (Å²) in [5, 5.41) is 24.8. The minimum Gasteiger partial charge on any atom is -0.489 e. The average Bonchev–Trinajstić information content (AvgIpc) is 3.22. The molecule has 1 fully saturated rings. The van der Waals surface area contributed by atoms with Gasteiger partial charge in [-0.05, 0) is 57.7 Å². The van der Waals surface area contributed by atoms with Crippen LogP contribution in [0.25, 0.3) is 5.52 Å². The first-order valence-electron chi connectivity index (χ1n) is 11.1. The molecule has 3 aromatic rings. The van der Waals surface area contributed by atoms with Crippen molar-refractivity contribution >= 4 is 17.3 Å². The molecule has 0 radical (unpaired) electrons. The first-order valence-corrected chi connectivity index (χ1v) is 11.1. The second-order valence-corrected chi connectivity index (χ2v) is 9.03. The zero-order valence-corrected chi connectivity index (χ0v) is 19.1. The molecule has 0 atom stereocenters. The van der Waals surface area contributed by atoms with Crippen molar-refractivity contribution in [2.75, 3.05) is 6.61 Å². The van der Waals surface area contributed by atoms with Crippen LogP contribution in [0.15, 0.2) is 36.8 Å². The first kappa shape index (κ1) is 23.4. The van der Waals surface area contributed by atoms with Gasteiger partial charge in [-0.15, -0.1) is 5.10 Å². The zero-order chi connectivity index (χ0) is 24.3. The third-order valence-electron chi connectivity index (χ3n) is 5.57. The molecule has 4 N–H and O–H groups in total. The number of nitrogens with two attached hydrogens (primary N) is 1. The normalized spacial score (nSPS) is 18.4. The van der Waals surface area contributed by atoms with E-state index in [1.165, 1.54) is 18.5 Å². The number of nitrogens with zero attached hydrogens (tertiary/aromatic N) is 4. The first-order chi connectivity index (χ1) is 16.2. The van der Waals surface area contributed by atoms with E-state index >= 15 is 0 Å². The lowest BCUT2D eigenvalue weighted by Crippen LogP contribution is -2.39. The van der Waals surface area contributed by atoms with Crippen LogP contribution in [0.1, 0.15) is 60.2 Å². The van der Waals surface area contributed by atoms with E-state index in [1.54, 1.807) is 36.7 Å². The van der Waals surface area contributed by atoms with E-state index in [1.807, 2.05) is 0 Å². The number of fused-ring (bicyclic) bond motifs is 1. The minimum atomic E-state index is -0.952. The zero-order valence-electron chi connectivity index (χ0n) is 19.1. The summed E-state index contributed by atoms with van der Waals surface area (Å²) < 4.78 is 13.0.